The van der Waals surface area contributed by atoms with Crippen LogP contribution in [0.4, 0.5) is 0 Å². The van der Waals surface area contributed by atoms with Crippen LogP contribution < -0.4 is 10.6 Å². The van der Waals surface area contributed by atoms with Gasteiger partial charge in [-0.25, -0.2) is 15.0 Å². The minimum Gasteiger partial charge on any atom is -0.349 e. The highest BCUT2D eigenvalue weighted by Crippen LogP contribution is 2.14. The van der Waals surface area contributed by atoms with E-state index in [1.54, 1.807) is 12.1 Å². The van der Waals surface area contributed by atoms with Gasteiger partial charge in [0.15, 0.2) is 0 Å². The molecule has 0 bridgehead atoms. The van der Waals surface area contributed by atoms with E-state index in [9.17, 15) is 14.4 Å². The third kappa shape index (κ3) is 4.41. The highest BCUT2D eigenvalue weighted by atomic mass is 16.7. The molecule has 1 atom stereocenters. The van der Waals surface area contributed by atoms with Crippen molar-refractivity contribution in [3.05, 3.63) is 84.2 Å². The van der Waals surface area contributed by atoms with Gasteiger partial charge in [0.2, 0.25) is 0 Å². The minimum atomic E-state index is -0.821. The summed E-state index contributed by atoms with van der Waals surface area (Å²) in [5, 5.41) is 8.42. The Labute approximate surface area is 194 Å². The van der Waals surface area contributed by atoms with E-state index in [1.807, 2.05) is 60.7 Å². The SMILES string of the molecule is O=C(NCCN1OC[C@@H](NC(=O)c2ccc3ccccc3n2)C1=O)c1ccc2ccccc2n1. The molecule has 9 heteroatoms. The highest BCUT2D eigenvalue weighted by Gasteiger charge is 2.34. The number of pyridine rings is 2. The highest BCUT2D eigenvalue weighted by molar-refractivity contribution is 5.98. The van der Waals surface area contributed by atoms with Crippen LogP contribution in [-0.2, 0) is 9.63 Å². The molecule has 2 aromatic carbocycles. The van der Waals surface area contributed by atoms with E-state index >= 15 is 0 Å². The van der Waals surface area contributed by atoms with Crippen molar-refractivity contribution >= 4 is 39.5 Å². The third-order valence-corrected chi connectivity index (χ3v) is 5.51. The van der Waals surface area contributed by atoms with Gasteiger partial charge in [0, 0.05) is 17.3 Å². The molecule has 2 N–H and O–H groups in total. The normalized spacial score (nSPS) is 15.6. The fraction of sp³-hybridized carbons (Fsp3) is 0.160. The number of aromatic nitrogens is 2. The van der Waals surface area contributed by atoms with Gasteiger partial charge < -0.3 is 10.6 Å². The lowest BCUT2D eigenvalue weighted by Crippen LogP contribution is -2.44. The first-order valence-corrected chi connectivity index (χ1v) is 10.8. The molecule has 5 rings (SSSR count). The van der Waals surface area contributed by atoms with Gasteiger partial charge >= 0.3 is 0 Å². The zero-order valence-electron chi connectivity index (χ0n) is 18.1. The molecule has 2 aromatic heterocycles. The van der Waals surface area contributed by atoms with Crippen LogP contribution >= 0.6 is 0 Å². The van der Waals surface area contributed by atoms with E-state index in [2.05, 4.69) is 20.6 Å². The summed E-state index contributed by atoms with van der Waals surface area (Å²) in [6.07, 6.45) is 0. The summed E-state index contributed by atoms with van der Waals surface area (Å²) >= 11 is 0. The Kier molecular flexibility index (Phi) is 5.84. The number of nitrogens with zero attached hydrogens (tertiary/aromatic N) is 3. The summed E-state index contributed by atoms with van der Waals surface area (Å²) in [5.74, 6) is -1.18. The molecule has 34 heavy (non-hydrogen) atoms. The van der Waals surface area contributed by atoms with Crippen molar-refractivity contribution in [2.45, 2.75) is 6.04 Å². The van der Waals surface area contributed by atoms with Gasteiger partial charge in [0.05, 0.1) is 17.6 Å². The van der Waals surface area contributed by atoms with Crippen LogP contribution in [0.1, 0.15) is 21.0 Å². The lowest BCUT2D eigenvalue weighted by molar-refractivity contribution is -0.161. The average Bonchev–Trinajstić information content (AvgIpc) is 3.22. The third-order valence-electron chi connectivity index (χ3n) is 5.51. The van der Waals surface area contributed by atoms with Gasteiger partial charge in [0.1, 0.15) is 24.0 Å². The number of rotatable bonds is 6. The quantitative estimate of drug-likeness (QED) is 0.460. The Morgan fingerprint density at radius 2 is 1.44 bits per heavy atom. The Balaban J connectivity index is 1.14. The molecular weight excluding hydrogens is 434 g/mol. The van der Waals surface area contributed by atoms with Crippen LogP contribution in [0.25, 0.3) is 21.8 Å². The summed E-state index contributed by atoms with van der Waals surface area (Å²) < 4.78 is 0. The molecule has 170 valence electrons. The number of hydroxylamine groups is 2. The Morgan fingerprint density at radius 1 is 0.853 bits per heavy atom. The van der Waals surface area contributed by atoms with Gasteiger partial charge in [-0.1, -0.05) is 48.5 Å². The number of hydrogen-bond donors (Lipinski definition) is 2. The first kappa shape index (κ1) is 21.5. The molecule has 3 heterocycles. The van der Waals surface area contributed by atoms with Crippen molar-refractivity contribution in [1.82, 2.24) is 25.7 Å². The minimum absolute atomic E-state index is 0.0122. The second-order valence-corrected chi connectivity index (χ2v) is 7.80. The van der Waals surface area contributed by atoms with Gasteiger partial charge in [-0.15, -0.1) is 0 Å². The standard InChI is InChI=1S/C25H21N5O4/c31-23(20-11-9-16-5-1-3-7-18(16)27-20)26-13-14-30-25(33)22(15-34-30)29-24(32)21-12-10-17-6-2-4-8-19(17)28-21/h1-12,22H,13-15H2,(H,26,31)(H,29,32)/t22-/m1/s1. The molecule has 9 nitrogen and oxygen atoms in total. The van der Waals surface area contributed by atoms with Crippen molar-refractivity contribution < 1.29 is 19.2 Å². The molecule has 1 fully saturated rings. The molecule has 1 aliphatic rings. The maximum atomic E-state index is 12.6. The predicted molar refractivity (Wildman–Crippen MR) is 125 cm³/mol. The molecule has 0 spiro atoms. The fourth-order valence-corrected chi connectivity index (χ4v) is 3.73. The lowest BCUT2D eigenvalue weighted by Gasteiger charge is -2.15. The average molecular weight is 455 g/mol. The van der Waals surface area contributed by atoms with Crippen LogP contribution in [0, 0.1) is 0 Å². The predicted octanol–water partition coefficient (Wildman–Crippen LogP) is 2.09. The number of carbonyl (C=O) groups is 3. The van der Waals surface area contributed by atoms with Crippen LogP contribution in [0.5, 0.6) is 0 Å². The smallest absolute Gasteiger partial charge is 0.271 e. The number of carbonyl (C=O) groups excluding carboxylic acids is 3. The summed E-state index contributed by atoms with van der Waals surface area (Å²) in [6.45, 7) is 0.322. The molecule has 0 aliphatic carbocycles. The van der Waals surface area contributed by atoms with E-state index in [4.69, 9.17) is 4.84 Å². The number of fused-ring (bicyclic) bond motifs is 2. The van der Waals surface area contributed by atoms with Crippen LogP contribution in [0.15, 0.2) is 72.8 Å². The number of amides is 3. The fourth-order valence-electron chi connectivity index (χ4n) is 3.73. The van der Waals surface area contributed by atoms with E-state index in [0.29, 0.717) is 11.2 Å². The lowest BCUT2D eigenvalue weighted by atomic mass is 10.2. The van der Waals surface area contributed by atoms with Crippen molar-refractivity contribution in [3.8, 4) is 0 Å². The van der Waals surface area contributed by atoms with E-state index in [0.717, 1.165) is 21.4 Å². The maximum Gasteiger partial charge on any atom is 0.271 e. The number of nitrogens with one attached hydrogen (secondary N) is 2. The second-order valence-electron chi connectivity index (χ2n) is 7.80. The maximum absolute atomic E-state index is 12.6. The van der Waals surface area contributed by atoms with Crippen molar-refractivity contribution in [3.63, 3.8) is 0 Å². The summed E-state index contributed by atoms with van der Waals surface area (Å²) in [7, 11) is 0. The largest absolute Gasteiger partial charge is 0.349 e. The first-order valence-electron chi connectivity index (χ1n) is 10.8. The van der Waals surface area contributed by atoms with Crippen LogP contribution in [0.2, 0.25) is 0 Å². The molecule has 3 amide bonds. The van der Waals surface area contributed by atoms with E-state index in [1.165, 1.54) is 0 Å². The Bertz CT molecular complexity index is 1410. The van der Waals surface area contributed by atoms with Gasteiger partial charge in [-0.3, -0.25) is 19.2 Å². The van der Waals surface area contributed by atoms with Crippen LogP contribution in [-0.4, -0.2) is 58.5 Å². The Hall–Kier alpha value is -4.37. The molecule has 1 saturated heterocycles. The summed E-state index contributed by atoms with van der Waals surface area (Å²) in [5.41, 5.74) is 1.94. The van der Waals surface area contributed by atoms with Gasteiger partial charge in [0.25, 0.3) is 17.7 Å². The van der Waals surface area contributed by atoms with Crippen molar-refractivity contribution in [2.24, 2.45) is 0 Å². The topological polar surface area (TPSA) is 114 Å². The molecule has 4 aromatic rings. The van der Waals surface area contributed by atoms with E-state index in [-0.39, 0.29) is 37.2 Å². The number of benzene rings is 2. The monoisotopic (exact) mass is 455 g/mol. The van der Waals surface area contributed by atoms with Gasteiger partial charge in [-0.2, -0.15) is 0 Å². The zero-order chi connectivity index (χ0) is 23.5. The summed E-state index contributed by atoms with van der Waals surface area (Å²) in [4.78, 5) is 51.7. The molecular formula is C25H21N5O4. The molecule has 0 saturated carbocycles. The zero-order valence-corrected chi connectivity index (χ0v) is 18.1. The molecule has 1 aliphatic heterocycles. The second kappa shape index (κ2) is 9.24. The first-order chi connectivity index (χ1) is 16.6. The molecule has 0 unspecified atom stereocenters. The van der Waals surface area contributed by atoms with Crippen LogP contribution in [0.3, 0.4) is 0 Å². The van der Waals surface area contributed by atoms with Gasteiger partial charge in [-0.05, 0) is 24.3 Å². The summed E-state index contributed by atoms with van der Waals surface area (Å²) in [6, 6.07) is 21.1. The van der Waals surface area contributed by atoms with Crippen molar-refractivity contribution in [1.29, 1.82) is 0 Å². The number of para-hydroxylation sites is 2. The number of hydrogen-bond acceptors (Lipinski definition) is 6. The van der Waals surface area contributed by atoms with Crippen molar-refractivity contribution in [2.75, 3.05) is 19.7 Å². The Morgan fingerprint density at radius 3 is 2.09 bits per heavy atom. The van der Waals surface area contributed by atoms with E-state index < -0.39 is 11.9 Å². The molecule has 0 radical (unpaired) electrons.